The molecular weight excluding hydrogens is 368 g/mol. The minimum Gasteiger partial charge on any atom is -0.748 e. The molecule has 6 nitrogen and oxygen atoms in total. The van der Waals surface area contributed by atoms with E-state index in [2.05, 4.69) is 0 Å². The second-order valence-electron chi connectivity index (χ2n) is 5.51. The van der Waals surface area contributed by atoms with E-state index in [1.807, 2.05) is 0 Å². The van der Waals surface area contributed by atoms with Crippen LogP contribution in [0.4, 0.5) is 0 Å². The summed E-state index contributed by atoms with van der Waals surface area (Å²) in [4.78, 5) is 0. The number of hydrogen-bond donors (Lipinski definition) is 0. The first-order valence-electron chi connectivity index (χ1n) is 7.10. The fourth-order valence-corrected chi connectivity index (χ4v) is 4.53. The molecule has 0 N–H and O–H groups in total. The Kier molecular flexibility index (Phi) is 9.63. The van der Waals surface area contributed by atoms with Gasteiger partial charge in [-0.1, -0.05) is 38.5 Å². The van der Waals surface area contributed by atoms with Crippen LogP contribution in [-0.2, 0) is 37.3 Å². The van der Waals surface area contributed by atoms with Crippen molar-refractivity contribution in [1.82, 2.24) is 0 Å². The standard InChI is InChI=1S/2C6H12O3S.Cu/c2*7-10(8,9)6-4-2-1-3-5-6;/h2*6H,1-5H2,(H,7,8,9);/q;;+2/p-2. The predicted octanol–water partition coefficient (Wildman–Crippen LogP) is 1.73. The number of rotatable bonds is 2. The molecule has 0 spiro atoms. The van der Waals surface area contributed by atoms with Gasteiger partial charge in [-0.3, -0.25) is 0 Å². The smallest absolute Gasteiger partial charge is 0.748 e. The quantitative estimate of drug-likeness (QED) is 0.524. The van der Waals surface area contributed by atoms with Crippen molar-refractivity contribution in [3.63, 3.8) is 0 Å². The normalized spacial score (nSPS) is 21.8. The molecule has 0 amide bonds. The van der Waals surface area contributed by atoms with Crippen LogP contribution in [0, 0.1) is 0 Å². The first-order valence-corrected chi connectivity index (χ1v) is 10.0. The largest absolute Gasteiger partial charge is 2.00 e. The molecule has 2 saturated carbocycles. The summed E-state index contributed by atoms with van der Waals surface area (Å²) in [6.07, 6.45) is 8.03. The van der Waals surface area contributed by atoms with Gasteiger partial charge < -0.3 is 9.11 Å². The molecular formula is C12H22CuO6S2. The molecule has 0 heterocycles. The van der Waals surface area contributed by atoms with Gasteiger partial charge in [0.15, 0.2) is 0 Å². The van der Waals surface area contributed by atoms with Crippen LogP contribution in [0.1, 0.15) is 64.2 Å². The summed E-state index contributed by atoms with van der Waals surface area (Å²) >= 11 is 0. The van der Waals surface area contributed by atoms with E-state index in [1.165, 1.54) is 0 Å². The van der Waals surface area contributed by atoms with Crippen LogP contribution in [-0.4, -0.2) is 36.4 Å². The van der Waals surface area contributed by atoms with E-state index in [0.29, 0.717) is 25.7 Å². The van der Waals surface area contributed by atoms with Crippen LogP contribution in [0.3, 0.4) is 0 Å². The minimum absolute atomic E-state index is 0. The van der Waals surface area contributed by atoms with E-state index in [0.717, 1.165) is 38.5 Å². The summed E-state index contributed by atoms with van der Waals surface area (Å²) in [7, 11) is -7.95. The Morgan fingerprint density at radius 2 is 0.810 bits per heavy atom. The van der Waals surface area contributed by atoms with Gasteiger partial charge in [0.25, 0.3) is 0 Å². The third-order valence-electron chi connectivity index (χ3n) is 3.92. The molecule has 2 fully saturated rings. The van der Waals surface area contributed by atoms with E-state index < -0.39 is 30.7 Å². The Labute approximate surface area is 138 Å². The van der Waals surface area contributed by atoms with E-state index in [-0.39, 0.29) is 17.1 Å². The van der Waals surface area contributed by atoms with Crippen molar-refractivity contribution in [2.45, 2.75) is 74.7 Å². The molecule has 2 rings (SSSR count). The maximum Gasteiger partial charge on any atom is 2.00 e. The van der Waals surface area contributed by atoms with Crippen molar-refractivity contribution < 1.29 is 43.0 Å². The van der Waals surface area contributed by atoms with Crippen LogP contribution in [0.15, 0.2) is 0 Å². The van der Waals surface area contributed by atoms with Gasteiger partial charge in [-0.05, 0) is 25.7 Å². The first kappa shape index (κ1) is 21.3. The van der Waals surface area contributed by atoms with Crippen molar-refractivity contribution in [3.8, 4) is 0 Å². The second kappa shape index (κ2) is 9.47. The first-order chi connectivity index (χ1) is 9.21. The van der Waals surface area contributed by atoms with Gasteiger partial charge in [0, 0.05) is 10.5 Å². The molecule has 0 saturated heterocycles. The maximum atomic E-state index is 10.4. The summed E-state index contributed by atoms with van der Waals surface area (Å²) in [5.74, 6) is 0. The summed E-state index contributed by atoms with van der Waals surface area (Å²) in [6, 6.07) is 0. The fraction of sp³-hybridized carbons (Fsp3) is 1.00. The topological polar surface area (TPSA) is 114 Å². The van der Waals surface area contributed by atoms with Crippen molar-refractivity contribution in [2.24, 2.45) is 0 Å². The zero-order valence-electron chi connectivity index (χ0n) is 11.8. The average molecular weight is 390 g/mol. The minimum atomic E-state index is -3.98. The van der Waals surface area contributed by atoms with E-state index in [4.69, 9.17) is 0 Å². The maximum absolute atomic E-state index is 10.4. The van der Waals surface area contributed by atoms with Gasteiger partial charge >= 0.3 is 17.1 Å². The molecule has 0 bridgehead atoms. The Bertz CT molecular complexity index is 430. The SMILES string of the molecule is O=S(=O)([O-])C1CCCCC1.O=S(=O)([O-])C1CCCCC1.[Cu+2]. The molecule has 0 aromatic heterocycles. The molecule has 0 atom stereocenters. The second-order valence-corrected chi connectivity index (χ2v) is 8.81. The zero-order valence-corrected chi connectivity index (χ0v) is 14.4. The Hall–Kier alpha value is 0.339. The van der Waals surface area contributed by atoms with E-state index in [1.54, 1.807) is 0 Å². The summed E-state index contributed by atoms with van der Waals surface area (Å²) in [6.45, 7) is 0. The predicted molar refractivity (Wildman–Crippen MR) is 73.1 cm³/mol. The third kappa shape index (κ3) is 8.52. The van der Waals surface area contributed by atoms with E-state index >= 15 is 0 Å². The van der Waals surface area contributed by atoms with Gasteiger partial charge in [0.1, 0.15) is 0 Å². The molecule has 1 radical (unpaired) electrons. The molecule has 0 unspecified atom stereocenters. The Morgan fingerprint density at radius 3 is 0.952 bits per heavy atom. The summed E-state index contributed by atoms with van der Waals surface area (Å²) in [5, 5.41) is -1.16. The van der Waals surface area contributed by atoms with Gasteiger partial charge in [0.05, 0.1) is 20.2 Å². The molecule has 0 aromatic carbocycles. The molecule has 21 heavy (non-hydrogen) atoms. The zero-order chi connectivity index (χ0) is 15.2. The Morgan fingerprint density at radius 1 is 0.571 bits per heavy atom. The van der Waals surface area contributed by atoms with Crippen molar-refractivity contribution in [3.05, 3.63) is 0 Å². The van der Waals surface area contributed by atoms with Gasteiger partial charge in [-0.2, -0.15) is 0 Å². The fourth-order valence-electron chi connectivity index (χ4n) is 2.71. The van der Waals surface area contributed by atoms with Gasteiger partial charge in [-0.25, -0.2) is 16.8 Å². The molecule has 0 aliphatic heterocycles. The van der Waals surface area contributed by atoms with Crippen LogP contribution in [0.25, 0.3) is 0 Å². The van der Waals surface area contributed by atoms with Crippen molar-refractivity contribution >= 4 is 20.2 Å². The van der Waals surface area contributed by atoms with Gasteiger partial charge in [0.2, 0.25) is 0 Å². The molecule has 0 aromatic rings. The van der Waals surface area contributed by atoms with Crippen LogP contribution >= 0.6 is 0 Å². The molecule has 2 aliphatic rings. The molecule has 9 heteroatoms. The van der Waals surface area contributed by atoms with E-state index in [9.17, 15) is 25.9 Å². The Balaban J connectivity index is 0.000000364. The number of hydrogen-bond acceptors (Lipinski definition) is 6. The average Bonchev–Trinajstić information content (AvgIpc) is 2.40. The third-order valence-corrected chi connectivity index (χ3v) is 6.50. The summed E-state index contributed by atoms with van der Waals surface area (Å²) in [5.41, 5.74) is 0. The molecule has 2 aliphatic carbocycles. The van der Waals surface area contributed by atoms with Crippen LogP contribution in [0.5, 0.6) is 0 Å². The summed E-state index contributed by atoms with van der Waals surface area (Å²) < 4.78 is 62.6. The van der Waals surface area contributed by atoms with Crippen LogP contribution in [0.2, 0.25) is 0 Å². The monoisotopic (exact) mass is 389 g/mol. The van der Waals surface area contributed by atoms with Crippen molar-refractivity contribution in [2.75, 3.05) is 0 Å². The molecule has 129 valence electrons. The van der Waals surface area contributed by atoms with Crippen LogP contribution < -0.4 is 0 Å². The van der Waals surface area contributed by atoms with Crippen molar-refractivity contribution in [1.29, 1.82) is 0 Å². The van der Waals surface area contributed by atoms with Gasteiger partial charge in [-0.15, -0.1) is 0 Å².